The molecule has 0 saturated carbocycles. The standard InChI is InChI=1S/C20H24BrN3O3/c1-4-10-24(11-5-2)19(26)15-12-17(20(27)23(3)13-15)22-18(25)14-6-8-16(21)9-7-14/h6-9,12-13H,4-5,10-11H2,1-3H3,(H,22,25). The third kappa shape index (κ3) is 5.29. The highest BCUT2D eigenvalue weighted by molar-refractivity contribution is 9.10. The van der Waals surface area contributed by atoms with Gasteiger partial charge >= 0.3 is 0 Å². The molecule has 0 bridgehead atoms. The zero-order chi connectivity index (χ0) is 20.0. The highest BCUT2D eigenvalue weighted by Gasteiger charge is 2.18. The predicted octanol–water partition coefficient (Wildman–Crippen LogP) is 3.66. The number of aromatic nitrogens is 1. The van der Waals surface area contributed by atoms with Crippen LogP contribution >= 0.6 is 15.9 Å². The Bertz CT molecular complexity index is 869. The van der Waals surface area contributed by atoms with Crippen LogP contribution in [0.5, 0.6) is 0 Å². The van der Waals surface area contributed by atoms with E-state index in [9.17, 15) is 14.4 Å². The molecule has 0 radical (unpaired) electrons. The average Bonchev–Trinajstić information content (AvgIpc) is 2.65. The lowest BCUT2D eigenvalue weighted by Crippen LogP contribution is -2.34. The zero-order valence-electron chi connectivity index (χ0n) is 15.8. The fourth-order valence-electron chi connectivity index (χ4n) is 2.75. The van der Waals surface area contributed by atoms with Crippen LogP contribution < -0.4 is 10.9 Å². The van der Waals surface area contributed by atoms with Gasteiger partial charge in [-0.05, 0) is 43.2 Å². The second-order valence-electron chi connectivity index (χ2n) is 6.31. The highest BCUT2D eigenvalue weighted by Crippen LogP contribution is 2.14. The maximum atomic E-state index is 12.8. The first-order valence-corrected chi connectivity index (χ1v) is 9.73. The Kier molecular flexibility index (Phi) is 7.36. The van der Waals surface area contributed by atoms with Gasteiger partial charge in [0.05, 0.1) is 5.56 Å². The normalized spacial score (nSPS) is 10.5. The van der Waals surface area contributed by atoms with Gasteiger partial charge in [-0.3, -0.25) is 14.4 Å². The van der Waals surface area contributed by atoms with Crippen molar-refractivity contribution in [1.82, 2.24) is 9.47 Å². The van der Waals surface area contributed by atoms with Crippen LogP contribution in [0.15, 0.2) is 45.8 Å². The molecular formula is C20H24BrN3O3. The van der Waals surface area contributed by atoms with Crippen LogP contribution in [0.4, 0.5) is 5.69 Å². The quantitative estimate of drug-likeness (QED) is 0.723. The van der Waals surface area contributed by atoms with Gasteiger partial charge in [-0.25, -0.2) is 0 Å². The van der Waals surface area contributed by atoms with E-state index in [0.29, 0.717) is 24.2 Å². The number of anilines is 1. The summed E-state index contributed by atoms with van der Waals surface area (Å²) in [5.41, 5.74) is 0.527. The van der Waals surface area contributed by atoms with Crippen molar-refractivity contribution in [1.29, 1.82) is 0 Å². The first-order valence-electron chi connectivity index (χ1n) is 8.94. The lowest BCUT2D eigenvalue weighted by molar-refractivity contribution is 0.0754. The van der Waals surface area contributed by atoms with Gasteiger partial charge in [0.2, 0.25) is 0 Å². The smallest absolute Gasteiger partial charge is 0.274 e. The SMILES string of the molecule is CCCN(CCC)C(=O)c1cc(NC(=O)c2ccc(Br)cc2)c(=O)n(C)c1. The summed E-state index contributed by atoms with van der Waals surface area (Å²) in [6, 6.07) is 8.27. The van der Waals surface area contributed by atoms with Gasteiger partial charge in [-0.15, -0.1) is 0 Å². The summed E-state index contributed by atoms with van der Waals surface area (Å²) in [5.74, 6) is -0.545. The van der Waals surface area contributed by atoms with Crippen LogP contribution in [0.25, 0.3) is 0 Å². The van der Waals surface area contributed by atoms with E-state index in [4.69, 9.17) is 0 Å². The third-order valence-electron chi connectivity index (χ3n) is 4.06. The molecule has 144 valence electrons. The summed E-state index contributed by atoms with van der Waals surface area (Å²) >= 11 is 3.32. The Hall–Kier alpha value is -2.41. The summed E-state index contributed by atoms with van der Waals surface area (Å²) in [7, 11) is 1.57. The Morgan fingerprint density at radius 3 is 2.22 bits per heavy atom. The average molecular weight is 434 g/mol. The second-order valence-corrected chi connectivity index (χ2v) is 7.23. The fraction of sp³-hybridized carbons (Fsp3) is 0.350. The zero-order valence-corrected chi connectivity index (χ0v) is 17.4. The molecule has 0 aliphatic carbocycles. The molecule has 27 heavy (non-hydrogen) atoms. The number of carbonyl (C=O) groups excluding carboxylic acids is 2. The molecule has 1 aromatic carbocycles. The lowest BCUT2D eigenvalue weighted by Gasteiger charge is -2.22. The minimum atomic E-state index is -0.400. The number of halogens is 1. The minimum Gasteiger partial charge on any atom is -0.339 e. The molecule has 0 atom stereocenters. The van der Waals surface area contributed by atoms with E-state index < -0.39 is 5.91 Å². The number of nitrogens with zero attached hydrogens (tertiary/aromatic N) is 2. The number of hydrogen-bond donors (Lipinski definition) is 1. The lowest BCUT2D eigenvalue weighted by atomic mass is 10.2. The van der Waals surface area contributed by atoms with Gasteiger partial charge in [0.25, 0.3) is 17.4 Å². The Labute approximate surface area is 167 Å². The molecule has 0 aliphatic rings. The molecule has 0 saturated heterocycles. The molecule has 7 heteroatoms. The van der Waals surface area contributed by atoms with Crippen molar-refractivity contribution in [3.05, 3.63) is 62.5 Å². The molecular weight excluding hydrogens is 410 g/mol. The minimum absolute atomic E-state index is 0.0872. The molecule has 0 aliphatic heterocycles. The van der Waals surface area contributed by atoms with E-state index in [2.05, 4.69) is 21.2 Å². The number of rotatable bonds is 7. The van der Waals surface area contributed by atoms with Crippen molar-refractivity contribution >= 4 is 33.4 Å². The Balaban J connectivity index is 2.32. The summed E-state index contributed by atoms with van der Waals surface area (Å²) in [4.78, 5) is 39.4. The van der Waals surface area contributed by atoms with Crippen LogP contribution in [-0.2, 0) is 7.05 Å². The number of aryl methyl sites for hydroxylation is 1. The molecule has 0 fully saturated rings. The molecule has 6 nitrogen and oxygen atoms in total. The number of pyridine rings is 1. The topological polar surface area (TPSA) is 71.4 Å². The summed E-state index contributed by atoms with van der Waals surface area (Å²) in [5, 5.41) is 2.63. The fourth-order valence-corrected chi connectivity index (χ4v) is 3.02. The summed E-state index contributed by atoms with van der Waals surface area (Å²) in [6.45, 7) is 5.33. The van der Waals surface area contributed by atoms with E-state index in [1.165, 1.54) is 16.8 Å². The van der Waals surface area contributed by atoms with Crippen molar-refractivity contribution in [2.24, 2.45) is 7.05 Å². The van der Waals surface area contributed by atoms with Crippen molar-refractivity contribution in [2.45, 2.75) is 26.7 Å². The van der Waals surface area contributed by atoms with E-state index in [1.54, 1.807) is 36.2 Å². The maximum absolute atomic E-state index is 12.8. The van der Waals surface area contributed by atoms with Gasteiger partial charge < -0.3 is 14.8 Å². The summed E-state index contributed by atoms with van der Waals surface area (Å²) in [6.07, 6.45) is 3.22. The van der Waals surface area contributed by atoms with Crippen molar-refractivity contribution in [2.75, 3.05) is 18.4 Å². The number of nitrogens with one attached hydrogen (secondary N) is 1. The number of benzene rings is 1. The van der Waals surface area contributed by atoms with Crippen LogP contribution in [0.2, 0.25) is 0 Å². The highest BCUT2D eigenvalue weighted by atomic mass is 79.9. The van der Waals surface area contributed by atoms with E-state index in [-0.39, 0.29) is 17.2 Å². The van der Waals surface area contributed by atoms with Gasteiger partial charge in [0.1, 0.15) is 5.69 Å². The van der Waals surface area contributed by atoms with Crippen LogP contribution in [-0.4, -0.2) is 34.4 Å². The van der Waals surface area contributed by atoms with Gasteiger partial charge in [-0.2, -0.15) is 0 Å². The molecule has 1 aromatic heterocycles. The van der Waals surface area contributed by atoms with Crippen molar-refractivity contribution < 1.29 is 9.59 Å². The predicted molar refractivity (Wildman–Crippen MR) is 110 cm³/mol. The van der Waals surface area contributed by atoms with E-state index >= 15 is 0 Å². The molecule has 2 rings (SSSR count). The molecule has 0 spiro atoms. The van der Waals surface area contributed by atoms with Gasteiger partial charge in [0.15, 0.2) is 0 Å². The van der Waals surface area contributed by atoms with Gasteiger partial charge in [0, 0.05) is 36.4 Å². The first kappa shape index (κ1) is 20.9. The Morgan fingerprint density at radius 1 is 1.07 bits per heavy atom. The van der Waals surface area contributed by atoms with Crippen LogP contribution in [0.1, 0.15) is 47.4 Å². The number of amides is 2. The first-order chi connectivity index (χ1) is 12.9. The number of hydrogen-bond acceptors (Lipinski definition) is 3. The number of carbonyl (C=O) groups is 2. The van der Waals surface area contributed by atoms with Crippen LogP contribution in [0.3, 0.4) is 0 Å². The second kappa shape index (κ2) is 9.50. The van der Waals surface area contributed by atoms with E-state index in [1.807, 2.05) is 13.8 Å². The molecule has 1 heterocycles. The molecule has 1 N–H and O–H groups in total. The maximum Gasteiger partial charge on any atom is 0.274 e. The van der Waals surface area contributed by atoms with E-state index in [0.717, 1.165) is 17.3 Å². The van der Waals surface area contributed by atoms with Crippen molar-refractivity contribution in [3.8, 4) is 0 Å². The largest absolute Gasteiger partial charge is 0.339 e. The molecule has 2 amide bonds. The Morgan fingerprint density at radius 2 is 1.67 bits per heavy atom. The van der Waals surface area contributed by atoms with Crippen LogP contribution in [0, 0.1) is 0 Å². The molecule has 0 unspecified atom stereocenters. The summed E-state index contributed by atoms with van der Waals surface area (Å²) < 4.78 is 2.18. The van der Waals surface area contributed by atoms with Crippen molar-refractivity contribution in [3.63, 3.8) is 0 Å². The third-order valence-corrected chi connectivity index (χ3v) is 4.59. The monoisotopic (exact) mass is 433 g/mol. The molecule has 2 aromatic rings. The van der Waals surface area contributed by atoms with Gasteiger partial charge in [-0.1, -0.05) is 29.8 Å².